The van der Waals surface area contributed by atoms with E-state index in [1.54, 1.807) is 0 Å². The molecule has 1 aromatic carbocycles. The quantitative estimate of drug-likeness (QED) is 0.817. The van der Waals surface area contributed by atoms with Crippen LogP contribution in [0.1, 0.15) is 38.3 Å². The summed E-state index contributed by atoms with van der Waals surface area (Å²) in [5.74, 6) is 0. The van der Waals surface area contributed by atoms with Gasteiger partial charge in [-0.1, -0.05) is 31.5 Å². The number of rotatable bonds is 6. The lowest BCUT2D eigenvalue weighted by molar-refractivity contribution is 0.591. The largest absolute Gasteiger partial charge is 0.343 e. The van der Waals surface area contributed by atoms with Gasteiger partial charge in [0.05, 0.1) is 0 Å². The highest BCUT2D eigenvalue weighted by atomic mass is 15.0. The number of aromatic nitrogens is 1. The van der Waals surface area contributed by atoms with Crippen molar-refractivity contribution in [3.63, 3.8) is 0 Å². The molecule has 0 spiro atoms. The maximum absolute atomic E-state index is 3.63. The number of hydrogen-bond acceptors (Lipinski definition) is 1. The van der Waals surface area contributed by atoms with Crippen LogP contribution in [0.2, 0.25) is 0 Å². The van der Waals surface area contributed by atoms with Crippen molar-refractivity contribution in [2.75, 3.05) is 0 Å². The molecule has 0 bridgehead atoms. The lowest BCUT2D eigenvalue weighted by Crippen LogP contribution is -2.18. The van der Waals surface area contributed by atoms with Gasteiger partial charge in [-0.05, 0) is 36.8 Å². The van der Waals surface area contributed by atoms with E-state index in [1.165, 1.54) is 42.3 Å². The van der Waals surface area contributed by atoms with E-state index in [0.717, 1.165) is 19.1 Å². The first-order valence-corrected chi connectivity index (χ1v) is 7.19. The topological polar surface area (TPSA) is 17.0 Å². The number of fused-ring (bicyclic) bond motifs is 1. The molecule has 0 saturated heterocycles. The molecule has 1 aliphatic carbocycles. The average molecular weight is 242 g/mol. The number of aryl methyl sites for hydroxylation is 1. The molecule has 96 valence electrons. The van der Waals surface area contributed by atoms with Crippen LogP contribution in [0.3, 0.4) is 0 Å². The lowest BCUT2D eigenvalue weighted by atomic mass is 10.2. The zero-order chi connectivity index (χ0) is 12.4. The predicted octanol–water partition coefficient (Wildman–Crippen LogP) is 3.69. The van der Waals surface area contributed by atoms with Crippen molar-refractivity contribution >= 4 is 10.9 Å². The molecule has 0 atom stereocenters. The Bertz CT molecular complexity index is 523. The second-order valence-corrected chi connectivity index (χ2v) is 5.35. The first-order chi connectivity index (χ1) is 8.88. The monoisotopic (exact) mass is 242 g/mol. The third-order valence-electron chi connectivity index (χ3n) is 3.78. The van der Waals surface area contributed by atoms with Gasteiger partial charge in [0.25, 0.3) is 0 Å². The van der Waals surface area contributed by atoms with Crippen LogP contribution in [-0.2, 0) is 13.1 Å². The summed E-state index contributed by atoms with van der Waals surface area (Å²) >= 11 is 0. The van der Waals surface area contributed by atoms with Gasteiger partial charge in [-0.25, -0.2) is 0 Å². The molecule has 0 aliphatic heterocycles. The number of nitrogens with zero attached hydrogens (tertiary/aromatic N) is 1. The summed E-state index contributed by atoms with van der Waals surface area (Å²) < 4.78 is 2.49. The summed E-state index contributed by atoms with van der Waals surface area (Å²) in [5.41, 5.74) is 2.83. The second-order valence-electron chi connectivity index (χ2n) is 5.35. The van der Waals surface area contributed by atoms with Crippen molar-refractivity contribution in [2.24, 2.45) is 0 Å². The Morgan fingerprint density at radius 3 is 2.89 bits per heavy atom. The summed E-state index contributed by atoms with van der Waals surface area (Å²) in [6.45, 7) is 4.42. The Morgan fingerprint density at radius 1 is 1.28 bits per heavy atom. The highest BCUT2D eigenvalue weighted by molar-refractivity contribution is 5.81. The third-order valence-corrected chi connectivity index (χ3v) is 3.78. The molecule has 0 amide bonds. The van der Waals surface area contributed by atoms with Crippen molar-refractivity contribution in [2.45, 2.75) is 51.7 Å². The Kier molecular flexibility index (Phi) is 3.37. The van der Waals surface area contributed by atoms with Gasteiger partial charge in [0.15, 0.2) is 0 Å². The highest BCUT2D eigenvalue weighted by Crippen LogP contribution is 2.23. The fourth-order valence-corrected chi connectivity index (χ4v) is 2.53. The number of para-hydroxylation sites is 1. The molecule has 1 saturated carbocycles. The fraction of sp³-hybridized carbons (Fsp3) is 0.500. The molecule has 2 nitrogen and oxygen atoms in total. The summed E-state index contributed by atoms with van der Waals surface area (Å²) in [7, 11) is 0. The Labute approximate surface area is 109 Å². The fourth-order valence-electron chi connectivity index (χ4n) is 2.53. The Morgan fingerprint density at radius 2 is 2.11 bits per heavy atom. The highest BCUT2D eigenvalue weighted by Gasteiger charge is 2.20. The van der Waals surface area contributed by atoms with Crippen LogP contribution in [-0.4, -0.2) is 10.6 Å². The van der Waals surface area contributed by atoms with Gasteiger partial charge < -0.3 is 9.88 Å². The van der Waals surface area contributed by atoms with E-state index in [1.807, 2.05) is 0 Å². The van der Waals surface area contributed by atoms with Crippen molar-refractivity contribution in [3.05, 3.63) is 36.0 Å². The first-order valence-electron chi connectivity index (χ1n) is 7.19. The molecule has 1 aliphatic rings. The van der Waals surface area contributed by atoms with E-state index in [0.29, 0.717) is 0 Å². The van der Waals surface area contributed by atoms with Crippen LogP contribution in [0.4, 0.5) is 0 Å². The number of hydrogen-bond donors (Lipinski definition) is 1. The molecule has 1 N–H and O–H groups in total. The summed E-state index contributed by atoms with van der Waals surface area (Å²) in [6.07, 6.45) is 5.22. The first kappa shape index (κ1) is 11.8. The molecule has 1 fully saturated rings. The maximum atomic E-state index is 3.63. The summed E-state index contributed by atoms with van der Waals surface area (Å²) in [5, 5.41) is 5.01. The van der Waals surface area contributed by atoms with Crippen LogP contribution in [0.15, 0.2) is 30.3 Å². The SMILES string of the molecule is CCCCn1c(CNC2CC2)cc2ccccc21. The number of nitrogens with one attached hydrogen (secondary N) is 1. The molecule has 2 heteroatoms. The molecule has 2 aromatic rings. The van der Waals surface area contributed by atoms with Crippen molar-refractivity contribution < 1.29 is 0 Å². The van der Waals surface area contributed by atoms with E-state index >= 15 is 0 Å². The maximum Gasteiger partial charge on any atom is 0.0482 e. The molecule has 1 aromatic heterocycles. The van der Waals surface area contributed by atoms with Crippen LogP contribution < -0.4 is 5.32 Å². The molecule has 1 heterocycles. The van der Waals surface area contributed by atoms with Gasteiger partial charge in [0, 0.05) is 30.3 Å². The third kappa shape index (κ3) is 2.44. The van der Waals surface area contributed by atoms with E-state index in [2.05, 4.69) is 47.1 Å². The number of unbranched alkanes of at least 4 members (excludes halogenated alkanes) is 1. The van der Waals surface area contributed by atoms with Gasteiger partial charge in [-0.3, -0.25) is 0 Å². The van der Waals surface area contributed by atoms with Crippen LogP contribution >= 0.6 is 0 Å². The molecular weight excluding hydrogens is 220 g/mol. The van der Waals surface area contributed by atoms with Crippen molar-refractivity contribution in [1.29, 1.82) is 0 Å². The minimum atomic E-state index is 0.780. The van der Waals surface area contributed by atoms with E-state index in [9.17, 15) is 0 Å². The Hall–Kier alpha value is -1.28. The summed E-state index contributed by atoms with van der Waals surface area (Å²) in [4.78, 5) is 0. The zero-order valence-corrected chi connectivity index (χ0v) is 11.2. The molecule has 0 radical (unpaired) electrons. The molecule has 3 rings (SSSR count). The molecule has 18 heavy (non-hydrogen) atoms. The van der Waals surface area contributed by atoms with Gasteiger partial charge in [-0.2, -0.15) is 0 Å². The van der Waals surface area contributed by atoms with Gasteiger partial charge in [0.1, 0.15) is 0 Å². The average Bonchev–Trinajstić information content (AvgIpc) is 3.16. The van der Waals surface area contributed by atoms with Crippen molar-refractivity contribution in [1.82, 2.24) is 9.88 Å². The number of benzene rings is 1. The van der Waals surface area contributed by atoms with E-state index in [4.69, 9.17) is 0 Å². The van der Waals surface area contributed by atoms with Gasteiger partial charge >= 0.3 is 0 Å². The predicted molar refractivity (Wildman–Crippen MR) is 76.7 cm³/mol. The molecule has 0 unspecified atom stereocenters. The van der Waals surface area contributed by atoms with Gasteiger partial charge in [-0.15, -0.1) is 0 Å². The molecular formula is C16H22N2. The van der Waals surface area contributed by atoms with Crippen molar-refractivity contribution in [3.8, 4) is 0 Å². The normalized spacial score (nSPS) is 15.4. The van der Waals surface area contributed by atoms with E-state index < -0.39 is 0 Å². The standard InChI is InChI=1S/C16H22N2/c1-2-3-10-18-15(12-17-14-8-9-14)11-13-6-4-5-7-16(13)18/h4-7,11,14,17H,2-3,8-10,12H2,1H3. The van der Waals surface area contributed by atoms with E-state index in [-0.39, 0.29) is 0 Å². The minimum absolute atomic E-state index is 0.780. The van der Waals surface area contributed by atoms with Crippen LogP contribution in [0, 0.1) is 0 Å². The van der Waals surface area contributed by atoms with Crippen LogP contribution in [0.5, 0.6) is 0 Å². The zero-order valence-electron chi connectivity index (χ0n) is 11.2. The summed E-state index contributed by atoms with van der Waals surface area (Å²) in [6, 6.07) is 11.9. The van der Waals surface area contributed by atoms with Gasteiger partial charge in [0.2, 0.25) is 0 Å². The van der Waals surface area contributed by atoms with Crippen LogP contribution in [0.25, 0.3) is 10.9 Å². The second kappa shape index (κ2) is 5.15. The smallest absolute Gasteiger partial charge is 0.0482 e. The lowest BCUT2D eigenvalue weighted by Gasteiger charge is -2.10. The minimum Gasteiger partial charge on any atom is -0.343 e. The Balaban J connectivity index is 1.88.